The Kier molecular flexibility index (Phi) is 5.73. The summed E-state index contributed by atoms with van der Waals surface area (Å²) in [5.74, 6) is -0.845. The molecule has 0 fully saturated rings. The summed E-state index contributed by atoms with van der Waals surface area (Å²) in [4.78, 5) is 24.3. The van der Waals surface area contributed by atoms with Crippen LogP contribution in [0.25, 0.3) is 10.9 Å². The molecule has 0 saturated carbocycles. The van der Waals surface area contributed by atoms with Crippen LogP contribution in [-0.4, -0.2) is 47.3 Å². The predicted octanol–water partition coefficient (Wildman–Crippen LogP) is 1.27. The van der Waals surface area contributed by atoms with Crippen molar-refractivity contribution in [1.29, 1.82) is 0 Å². The summed E-state index contributed by atoms with van der Waals surface area (Å²) >= 11 is 5.75. The van der Waals surface area contributed by atoms with Gasteiger partial charge in [0.2, 0.25) is 10.0 Å². The third kappa shape index (κ3) is 4.19. The number of ether oxygens (including phenoxy) is 1. The number of esters is 1. The third-order valence-corrected chi connectivity index (χ3v) is 5.92. The highest BCUT2D eigenvalue weighted by atomic mass is 35.5. The van der Waals surface area contributed by atoms with Crippen molar-refractivity contribution in [2.75, 3.05) is 13.6 Å². The quantitative estimate of drug-likeness (QED) is 0.550. The van der Waals surface area contributed by atoms with Gasteiger partial charge in [-0.25, -0.2) is 8.42 Å². The topological polar surface area (TPSA) is 111 Å². The Labute approximate surface area is 165 Å². The Morgan fingerprint density at radius 1 is 1.18 bits per heavy atom. The summed E-state index contributed by atoms with van der Waals surface area (Å²) in [7, 11) is -2.65. The molecule has 0 spiro atoms. The molecule has 0 unspecified atom stereocenters. The van der Waals surface area contributed by atoms with E-state index in [-0.39, 0.29) is 4.90 Å². The molecule has 1 heterocycles. The van der Waals surface area contributed by atoms with E-state index in [0.29, 0.717) is 15.9 Å². The zero-order chi connectivity index (χ0) is 20.3. The summed E-state index contributed by atoms with van der Waals surface area (Å²) in [5.41, 5.74) is -0.0515. The molecular weight excluding hydrogens is 408 g/mol. The molecule has 2 aromatic carbocycles. The van der Waals surface area contributed by atoms with Gasteiger partial charge < -0.3 is 4.74 Å². The lowest BCUT2D eigenvalue weighted by atomic mass is 10.2. The van der Waals surface area contributed by atoms with Crippen molar-refractivity contribution >= 4 is 38.5 Å². The standard InChI is InChI=1S/C17H15ClN4O5S/c1-21(28(25,26)13-8-6-12(18)7-9-13)10-16(23)27-11-22-17(24)14-4-2-3-5-15(14)19-20-22/h2-9H,10-11H2,1H3. The Morgan fingerprint density at radius 2 is 1.86 bits per heavy atom. The summed E-state index contributed by atoms with van der Waals surface area (Å²) in [6.07, 6.45) is 0. The number of benzene rings is 2. The lowest BCUT2D eigenvalue weighted by Crippen LogP contribution is -2.34. The molecule has 3 aromatic rings. The van der Waals surface area contributed by atoms with Crippen LogP contribution in [0.1, 0.15) is 0 Å². The fourth-order valence-electron chi connectivity index (χ4n) is 2.34. The number of likely N-dealkylation sites (N-methyl/N-ethyl adjacent to an activating group) is 1. The highest BCUT2D eigenvalue weighted by Crippen LogP contribution is 2.17. The third-order valence-electron chi connectivity index (χ3n) is 3.85. The van der Waals surface area contributed by atoms with Gasteiger partial charge in [0.25, 0.3) is 5.56 Å². The van der Waals surface area contributed by atoms with Crippen molar-refractivity contribution in [3.63, 3.8) is 0 Å². The number of fused-ring (bicyclic) bond motifs is 1. The predicted molar refractivity (Wildman–Crippen MR) is 101 cm³/mol. The first-order valence-corrected chi connectivity index (χ1v) is 9.81. The number of hydrogen-bond acceptors (Lipinski definition) is 7. The second-order valence-corrected chi connectivity index (χ2v) is 8.25. The Bertz CT molecular complexity index is 1180. The van der Waals surface area contributed by atoms with E-state index >= 15 is 0 Å². The molecule has 3 rings (SSSR count). The van der Waals surface area contributed by atoms with Crippen LogP contribution in [0.4, 0.5) is 0 Å². The number of nitrogens with zero attached hydrogens (tertiary/aromatic N) is 4. The van der Waals surface area contributed by atoms with Crippen LogP contribution in [0.15, 0.2) is 58.2 Å². The van der Waals surface area contributed by atoms with Gasteiger partial charge in [-0.3, -0.25) is 9.59 Å². The van der Waals surface area contributed by atoms with E-state index in [1.807, 2.05) is 0 Å². The fourth-order valence-corrected chi connectivity index (χ4v) is 3.58. The van der Waals surface area contributed by atoms with Crippen molar-refractivity contribution in [3.8, 4) is 0 Å². The van der Waals surface area contributed by atoms with Crippen LogP contribution in [0.2, 0.25) is 5.02 Å². The minimum atomic E-state index is -3.89. The van der Waals surface area contributed by atoms with Gasteiger partial charge in [-0.15, -0.1) is 5.10 Å². The van der Waals surface area contributed by atoms with Gasteiger partial charge in [0, 0.05) is 12.1 Å². The number of hydrogen-bond donors (Lipinski definition) is 0. The van der Waals surface area contributed by atoms with Gasteiger partial charge in [-0.05, 0) is 36.4 Å². The van der Waals surface area contributed by atoms with E-state index in [9.17, 15) is 18.0 Å². The number of halogens is 1. The first-order chi connectivity index (χ1) is 13.3. The summed E-state index contributed by atoms with van der Waals surface area (Å²) in [6.45, 7) is -1.02. The number of rotatable bonds is 6. The van der Waals surface area contributed by atoms with E-state index in [0.717, 1.165) is 8.99 Å². The summed E-state index contributed by atoms with van der Waals surface area (Å²) < 4.78 is 31.6. The highest BCUT2D eigenvalue weighted by molar-refractivity contribution is 7.89. The SMILES string of the molecule is CN(CC(=O)OCn1nnc2ccccc2c1=O)S(=O)(=O)c1ccc(Cl)cc1. The Morgan fingerprint density at radius 3 is 2.57 bits per heavy atom. The van der Waals surface area contributed by atoms with Crippen molar-refractivity contribution < 1.29 is 17.9 Å². The molecule has 146 valence electrons. The molecule has 0 atom stereocenters. The van der Waals surface area contributed by atoms with E-state index in [1.54, 1.807) is 24.3 Å². The first-order valence-electron chi connectivity index (χ1n) is 7.99. The van der Waals surface area contributed by atoms with Crippen molar-refractivity contribution in [2.24, 2.45) is 0 Å². The first kappa shape index (κ1) is 19.9. The van der Waals surface area contributed by atoms with Crippen LogP contribution < -0.4 is 5.56 Å². The van der Waals surface area contributed by atoms with Gasteiger partial charge in [-0.1, -0.05) is 28.9 Å². The van der Waals surface area contributed by atoms with Gasteiger partial charge in [0.15, 0.2) is 6.73 Å². The molecule has 9 nitrogen and oxygen atoms in total. The number of carbonyl (C=O) groups excluding carboxylic acids is 1. The molecule has 28 heavy (non-hydrogen) atoms. The number of sulfonamides is 1. The van der Waals surface area contributed by atoms with Crippen LogP contribution >= 0.6 is 11.6 Å². The second-order valence-electron chi connectivity index (χ2n) is 5.77. The van der Waals surface area contributed by atoms with Crippen LogP contribution in [0.5, 0.6) is 0 Å². The van der Waals surface area contributed by atoms with E-state index in [1.165, 1.54) is 31.3 Å². The molecule has 0 aliphatic carbocycles. The zero-order valence-electron chi connectivity index (χ0n) is 14.6. The van der Waals surface area contributed by atoms with Crippen molar-refractivity contribution in [1.82, 2.24) is 19.3 Å². The van der Waals surface area contributed by atoms with Crippen LogP contribution in [0, 0.1) is 0 Å². The molecule has 0 aliphatic rings. The monoisotopic (exact) mass is 422 g/mol. The minimum Gasteiger partial charge on any atom is -0.441 e. The average Bonchev–Trinajstić information content (AvgIpc) is 2.68. The molecular formula is C17H15ClN4O5S. The average molecular weight is 423 g/mol. The van der Waals surface area contributed by atoms with Gasteiger partial charge in [0.05, 0.1) is 10.3 Å². The molecule has 0 bridgehead atoms. The van der Waals surface area contributed by atoms with E-state index in [4.69, 9.17) is 16.3 Å². The lowest BCUT2D eigenvalue weighted by molar-refractivity contribution is -0.148. The van der Waals surface area contributed by atoms with Gasteiger partial charge >= 0.3 is 5.97 Å². The normalized spacial score (nSPS) is 11.7. The molecule has 0 amide bonds. The molecule has 11 heteroatoms. The molecule has 0 saturated heterocycles. The maximum Gasteiger partial charge on any atom is 0.323 e. The van der Waals surface area contributed by atoms with Crippen LogP contribution in [0.3, 0.4) is 0 Å². The Balaban J connectivity index is 1.66. The summed E-state index contributed by atoms with van der Waals surface area (Å²) in [5, 5.41) is 8.29. The lowest BCUT2D eigenvalue weighted by Gasteiger charge is -2.16. The molecule has 0 aliphatic heterocycles. The summed E-state index contributed by atoms with van der Waals surface area (Å²) in [6, 6.07) is 12.2. The minimum absolute atomic E-state index is 0.0104. The number of aromatic nitrogens is 3. The van der Waals surface area contributed by atoms with Crippen LogP contribution in [-0.2, 0) is 26.3 Å². The molecule has 0 N–H and O–H groups in total. The molecule has 1 aromatic heterocycles. The van der Waals surface area contributed by atoms with E-state index < -0.39 is 34.8 Å². The number of carbonyl (C=O) groups is 1. The highest BCUT2D eigenvalue weighted by Gasteiger charge is 2.23. The smallest absolute Gasteiger partial charge is 0.323 e. The molecule has 0 radical (unpaired) electrons. The van der Waals surface area contributed by atoms with Gasteiger partial charge in [0.1, 0.15) is 12.1 Å². The Hall–Kier alpha value is -2.82. The fraction of sp³-hybridized carbons (Fsp3) is 0.176. The van der Waals surface area contributed by atoms with Crippen molar-refractivity contribution in [3.05, 3.63) is 63.9 Å². The largest absolute Gasteiger partial charge is 0.441 e. The second kappa shape index (κ2) is 8.05. The van der Waals surface area contributed by atoms with E-state index in [2.05, 4.69) is 10.3 Å². The zero-order valence-corrected chi connectivity index (χ0v) is 16.2. The van der Waals surface area contributed by atoms with Gasteiger partial charge in [-0.2, -0.15) is 8.99 Å². The maximum absolute atomic E-state index is 12.5. The maximum atomic E-state index is 12.5. The van der Waals surface area contributed by atoms with Crippen molar-refractivity contribution in [2.45, 2.75) is 11.6 Å².